The lowest BCUT2D eigenvalue weighted by Gasteiger charge is -2.32. The number of fused-ring (bicyclic) bond motifs is 1. The first kappa shape index (κ1) is 17.6. The molecule has 134 valence electrons. The van der Waals surface area contributed by atoms with Crippen molar-refractivity contribution in [2.24, 2.45) is 0 Å². The Balaban J connectivity index is 1.63. The van der Waals surface area contributed by atoms with Crippen LogP contribution < -0.4 is 5.46 Å². The Morgan fingerprint density at radius 3 is 2.42 bits per heavy atom. The van der Waals surface area contributed by atoms with Gasteiger partial charge >= 0.3 is 7.12 Å². The third-order valence-electron chi connectivity index (χ3n) is 5.47. The van der Waals surface area contributed by atoms with Gasteiger partial charge in [0.1, 0.15) is 0 Å². The first-order chi connectivity index (χ1) is 12.3. The highest BCUT2D eigenvalue weighted by atomic mass is 35.5. The highest BCUT2D eigenvalue weighted by Crippen LogP contribution is 2.36. The number of rotatable bonds is 3. The average molecular weight is 369 g/mol. The van der Waals surface area contributed by atoms with Crippen LogP contribution in [0.2, 0.25) is 5.02 Å². The molecule has 0 bridgehead atoms. The maximum atomic E-state index is 6.29. The van der Waals surface area contributed by atoms with E-state index in [0.717, 1.165) is 27.1 Å². The molecule has 0 aliphatic carbocycles. The van der Waals surface area contributed by atoms with Crippen LogP contribution in [-0.2, 0) is 15.9 Å². The second-order valence-corrected chi connectivity index (χ2v) is 8.21. The van der Waals surface area contributed by atoms with Crippen molar-refractivity contribution >= 4 is 35.2 Å². The van der Waals surface area contributed by atoms with Crippen molar-refractivity contribution in [2.75, 3.05) is 0 Å². The SMILES string of the molecule is CC1(C)OB(c2ccc3c(c2)ncn3Cc2ccccc2Cl)OC1(C)C. The Hall–Kier alpha value is -1.82. The predicted octanol–water partition coefficient (Wildman–Crippen LogP) is 4.04. The van der Waals surface area contributed by atoms with Crippen molar-refractivity contribution in [3.63, 3.8) is 0 Å². The van der Waals surface area contributed by atoms with E-state index in [4.69, 9.17) is 20.9 Å². The van der Waals surface area contributed by atoms with Gasteiger partial charge in [-0.1, -0.05) is 35.9 Å². The van der Waals surface area contributed by atoms with Gasteiger partial charge in [0, 0.05) is 5.02 Å². The molecule has 0 radical (unpaired) electrons. The van der Waals surface area contributed by atoms with E-state index in [1.54, 1.807) is 0 Å². The summed E-state index contributed by atoms with van der Waals surface area (Å²) in [5.74, 6) is 0. The minimum absolute atomic E-state index is 0.351. The van der Waals surface area contributed by atoms with Crippen LogP contribution in [0, 0.1) is 0 Å². The van der Waals surface area contributed by atoms with E-state index in [1.807, 2.05) is 36.7 Å². The second kappa shape index (κ2) is 6.12. The van der Waals surface area contributed by atoms with Crippen LogP contribution in [0.4, 0.5) is 0 Å². The van der Waals surface area contributed by atoms with Gasteiger partial charge in [0.2, 0.25) is 0 Å². The molecule has 4 nitrogen and oxygen atoms in total. The fraction of sp³-hybridized carbons (Fsp3) is 0.350. The standard InChI is InChI=1S/C20H22BClN2O2/c1-19(2)20(3,4)26-21(25-19)15-9-10-18-17(11-15)23-13-24(18)12-14-7-5-6-8-16(14)22/h5-11,13H,12H2,1-4H3. The Kier molecular flexibility index (Phi) is 4.14. The summed E-state index contributed by atoms with van der Waals surface area (Å²) in [6.07, 6.45) is 1.85. The number of nitrogens with zero attached hydrogens (tertiary/aromatic N) is 2. The molecule has 4 rings (SSSR count). The number of aromatic nitrogens is 2. The summed E-state index contributed by atoms with van der Waals surface area (Å²) < 4.78 is 14.4. The van der Waals surface area contributed by atoms with Crippen molar-refractivity contribution in [1.29, 1.82) is 0 Å². The molecule has 0 unspecified atom stereocenters. The largest absolute Gasteiger partial charge is 0.494 e. The maximum Gasteiger partial charge on any atom is 0.494 e. The predicted molar refractivity (Wildman–Crippen MR) is 106 cm³/mol. The highest BCUT2D eigenvalue weighted by Gasteiger charge is 2.51. The Bertz CT molecular complexity index is 951. The molecule has 1 aromatic heterocycles. The van der Waals surface area contributed by atoms with Crippen molar-refractivity contribution < 1.29 is 9.31 Å². The van der Waals surface area contributed by atoms with Crippen molar-refractivity contribution in [3.8, 4) is 0 Å². The summed E-state index contributed by atoms with van der Waals surface area (Å²) in [7, 11) is -0.377. The van der Waals surface area contributed by atoms with E-state index in [2.05, 4.69) is 49.4 Å². The van der Waals surface area contributed by atoms with Gasteiger partial charge in [-0.25, -0.2) is 4.98 Å². The van der Waals surface area contributed by atoms with E-state index < -0.39 is 0 Å². The second-order valence-electron chi connectivity index (χ2n) is 7.80. The first-order valence-corrected chi connectivity index (χ1v) is 9.18. The van der Waals surface area contributed by atoms with Crippen molar-refractivity contribution in [1.82, 2.24) is 9.55 Å². The van der Waals surface area contributed by atoms with E-state index in [9.17, 15) is 0 Å². The molecule has 1 fully saturated rings. The van der Waals surface area contributed by atoms with Gasteiger partial charge < -0.3 is 13.9 Å². The average Bonchev–Trinajstić information content (AvgIpc) is 3.07. The molecular formula is C20H22BClN2O2. The summed E-state index contributed by atoms with van der Waals surface area (Å²) in [6, 6.07) is 14.0. The zero-order valence-corrected chi connectivity index (χ0v) is 16.2. The Labute approximate surface area is 159 Å². The molecule has 0 saturated carbocycles. The topological polar surface area (TPSA) is 36.3 Å². The van der Waals surface area contributed by atoms with E-state index in [0.29, 0.717) is 6.54 Å². The van der Waals surface area contributed by atoms with Crippen LogP contribution in [0.5, 0.6) is 0 Å². The molecule has 0 spiro atoms. The maximum absolute atomic E-state index is 6.29. The molecule has 26 heavy (non-hydrogen) atoms. The van der Waals surface area contributed by atoms with Gasteiger partial charge in [0.15, 0.2) is 0 Å². The molecule has 6 heteroatoms. The number of halogens is 1. The fourth-order valence-electron chi connectivity index (χ4n) is 3.14. The highest BCUT2D eigenvalue weighted by molar-refractivity contribution is 6.62. The third-order valence-corrected chi connectivity index (χ3v) is 5.84. The molecule has 2 aromatic carbocycles. The van der Waals surface area contributed by atoms with Crippen LogP contribution in [0.1, 0.15) is 33.3 Å². The van der Waals surface area contributed by atoms with Gasteiger partial charge in [-0.15, -0.1) is 0 Å². The fourth-order valence-corrected chi connectivity index (χ4v) is 3.34. The minimum atomic E-state index is -0.377. The zero-order valence-electron chi connectivity index (χ0n) is 15.5. The van der Waals surface area contributed by atoms with Gasteiger partial charge in [0.05, 0.1) is 35.1 Å². The number of imidazole rings is 1. The molecule has 1 aliphatic heterocycles. The number of benzene rings is 2. The summed E-state index contributed by atoms with van der Waals surface area (Å²) in [4.78, 5) is 4.56. The van der Waals surface area contributed by atoms with E-state index in [1.165, 1.54) is 0 Å². The molecule has 1 saturated heterocycles. The normalized spacial score (nSPS) is 18.6. The lowest BCUT2D eigenvalue weighted by Crippen LogP contribution is -2.41. The molecule has 2 heterocycles. The Morgan fingerprint density at radius 2 is 1.73 bits per heavy atom. The smallest absolute Gasteiger partial charge is 0.399 e. The minimum Gasteiger partial charge on any atom is -0.399 e. The van der Waals surface area contributed by atoms with Crippen LogP contribution in [0.25, 0.3) is 11.0 Å². The quantitative estimate of drug-likeness (QED) is 0.655. The van der Waals surface area contributed by atoms with Crippen LogP contribution in [0.15, 0.2) is 48.8 Å². The van der Waals surface area contributed by atoms with Gasteiger partial charge in [0.25, 0.3) is 0 Å². The van der Waals surface area contributed by atoms with E-state index in [-0.39, 0.29) is 18.3 Å². The van der Waals surface area contributed by atoms with Gasteiger partial charge in [-0.2, -0.15) is 0 Å². The van der Waals surface area contributed by atoms with Crippen LogP contribution in [-0.4, -0.2) is 27.9 Å². The molecule has 0 atom stereocenters. The van der Waals surface area contributed by atoms with Crippen molar-refractivity contribution in [2.45, 2.75) is 45.4 Å². The number of hydrogen-bond donors (Lipinski definition) is 0. The van der Waals surface area contributed by atoms with E-state index >= 15 is 0 Å². The monoisotopic (exact) mass is 368 g/mol. The van der Waals surface area contributed by atoms with Crippen molar-refractivity contribution in [3.05, 3.63) is 59.4 Å². The lowest BCUT2D eigenvalue weighted by molar-refractivity contribution is 0.00578. The molecule has 1 aliphatic rings. The first-order valence-electron chi connectivity index (χ1n) is 8.81. The molecule has 0 amide bonds. The Morgan fingerprint density at radius 1 is 1.04 bits per heavy atom. The lowest BCUT2D eigenvalue weighted by atomic mass is 9.79. The van der Waals surface area contributed by atoms with Crippen LogP contribution in [0.3, 0.4) is 0 Å². The summed E-state index contributed by atoms with van der Waals surface area (Å²) in [6.45, 7) is 8.92. The molecular weight excluding hydrogens is 346 g/mol. The van der Waals surface area contributed by atoms with Gasteiger partial charge in [-0.3, -0.25) is 0 Å². The number of hydrogen-bond acceptors (Lipinski definition) is 3. The van der Waals surface area contributed by atoms with Crippen LogP contribution >= 0.6 is 11.6 Å². The van der Waals surface area contributed by atoms with Gasteiger partial charge in [-0.05, 0) is 56.9 Å². The third kappa shape index (κ3) is 2.94. The summed E-state index contributed by atoms with van der Waals surface area (Å²) in [5.41, 5.74) is 3.34. The molecule has 3 aromatic rings. The molecule has 0 N–H and O–H groups in total. The summed E-state index contributed by atoms with van der Waals surface area (Å²) in [5, 5.41) is 0.767. The summed E-state index contributed by atoms with van der Waals surface area (Å²) >= 11 is 6.29. The zero-order chi connectivity index (χ0) is 18.5.